The van der Waals surface area contributed by atoms with Gasteiger partial charge in [-0.2, -0.15) is 14.7 Å². The van der Waals surface area contributed by atoms with E-state index in [0.717, 1.165) is 0 Å². The van der Waals surface area contributed by atoms with Crippen molar-refractivity contribution in [2.45, 2.75) is 0 Å². The molecular weight excluding hydrogens is 286 g/mol. The average Bonchev–Trinajstić information content (AvgIpc) is 2.27. The van der Waals surface area contributed by atoms with Crippen LogP contribution in [0.25, 0.3) is 0 Å². The third-order valence-corrected chi connectivity index (χ3v) is 1.89. The van der Waals surface area contributed by atoms with E-state index in [1.807, 2.05) is 0 Å². The molecule has 16 heavy (non-hydrogen) atoms. The molecule has 8 heteroatoms. The predicted molar refractivity (Wildman–Crippen MR) is 53.7 cm³/mol. The number of aromatic nitrogens is 1. The molecule has 1 radical (unpaired) electrons. The lowest BCUT2D eigenvalue weighted by molar-refractivity contribution is -0.216. The largest absolute Gasteiger partial charge is 0.332 e. The molecule has 7 nitrogen and oxygen atoms in total. The Morgan fingerprint density at radius 3 is 2.06 bits per heavy atom. The Labute approximate surface area is 100 Å². The first-order valence-corrected chi connectivity index (χ1v) is 4.77. The van der Waals surface area contributed by atoms with Gasteiger partial charge in [0.2, 0.25) is 5.75 Å². The van der Waals surface area contributed by atoms with E-state index in [4.69, 9.17) is 14.7 Å². The van der Waals surface area contributed by atoms with Crippen molar-refractivity contribution in [1.29, 1.82) is 0 Å². The summed E-state index contributed by atoms with van der Waals surface area (Å²) in [6.45, 7) is 0. The molecule has 1 rings (SSSR count). The van der Waals surface area contributed by atoms with Gasteiger partial charge in [0, 0.05) is 0 Å². The topological polar surface area (TPSA) is 68.3 Å². The Hall–Kier alpha value is -1.09. The summed E-state index contributed by atoms with van der Waals surface area (Å²) in [6, 6.07) is 0. The van der Waals surface area contributed by atoms with Crippen LogP contribution in [0.3, 0.4) is 0 Å². The summed E-state index contributed by atoms with van der Waals surface area (Å²) in [5, 5.41) is 0. The molecule has 0 atom stereocenters. The smallest absolute Gasteiger partial charge is 0.307 e. The lowest BCUT2D eigenvalue weighted by Crippen LogP contribution is -2.03. The maximum Gasteiger partial charge on any atom is 0.307 e. The molecule has 1 aromatic heterocycles. The zero-order valence-corrected chi connectivity index (χ0v) is 10.4. The van der Waals surface area contributed by atoms with Crippen molar-refractivity contribution in [1.82, 2.24) is 4.98 Å². The molecule has 0 saturated carbocycles. The standard InChI is InChI=1S/C8H9BrNO6/c1-11-14-6-5(9)4-10-8(16-13-3)7(6)15-12-2/h1-3H3. The van der Waals surface area contributed by atoms with E-state index in [9.17, 15) is 0 Å². The van der Waals surface area contributed by atoms with Gasteiger partial charge in [0.25, 0.3) is 5.75 Å². The van der Waals surface area contributed by atoms with Crippen molar-refractivity contribution >= 4 is 15.9 Å². The molecule has 0 spiro atoms. The first-order chi connectivity index (χ1) is 7.74. The molecule has 0 N–H and O–H groups in total. The monoisotopic (exact) mass is 294 g/mol. The third kappa shape index (κ3) is 2.95. The van der Waals surface area contributed by atoms with E-state index in [-0.39, 0.29) is 17.4 Å². The minimum atomic E-state index is -0.0143. The fraction of sp³-hybridized carbons (Fsp3) is 0.375. The summed E-state index contributed by atoms with van der Waals surface area (Å²) in [4.78, 5) is 31.7. The summed E-state index contributed by atoms with van der Waals surface area (Å²) in [5.74, 6) is 0.197. The summed E-state index contributed by atoms with van der Waals surface area (Å²) in [6.07, 6.45) is 2.56. The fourth-order valence-electron chi connectivity index (χ4n) is 0.848. The van der Waals surface area contributed by atoms with Crippen LogP contribution < -0.4 is 14.7 Å². The first kappa shape index (κ1) is 13.0. The first-order valence-electron chi connectivity index (χ1n) is 3.97. The second kappa shape index (κ2) is 6.48. The Kier molecular flexibility index (Phi) is 5.26. The van der Waals surface area contributed by atoms with Crippen molar-refractivity contribution in [3.05, 3.63) is 10.7 Å². The van der Waals surface area contributed by atoms with Crippen LogP contribution in [-0.4, -0.2) is 26.3 Å². The lowest BCUT2D eigenvalue weighted by Gasteiger charge is -2.11. The van der Waals surface area contributed by atoms with Crippen LogP contribution in [0.15, 0.2) is 4.47 Å². The van der Waals surface area contributed by atoms with E-state index < -0.39 is 0 Å². The van der Waals surface area contributed by atoms with Crippen molar-refractivity contribution in [2.75, 3.05) is 21.3 Å². The lowest BCUT2D eigenvalue weighted by atomic mass is 10.4. The molecule has 1 aromatic rings. The molecule has 0 amide bonds. The van der Waals surface area contributed by atoms with Crippen LogP contribution in [0.2, 0.25) is 0 Å². The molecule has 1 heterocycles. The van der Waals surface area contributed by atoms with Crippen molar-refractivity contribution in [3.63, 3.8) is 0 Å². The van der Waals surface area contributed by atoms with Gasteiger partial charge in [0.05, 0.1) is 25.8 Å². The maximum absolute atomic E-state index is 4.85. The van der Waals surface area contributed by atoms with Crippen molar-refractivity contribution < 1.29 is 29.3 Å². The van der Waals surface area contributed by atoms with Crippen LogP contribution in [0, 0.1) is 6.20 Å². The van der Waals surface area contributed by atoms with Gasteiger partial charge in [-0.1, -0.05) is 0 Å². The second-order valence-electron chi connectivity index (χ2n) is 2.25. The van der Waals surface area contributed by atoms with E-state index >= 15 is 0 Å². The zero-order chi connectivity index (χ0) is 12.0. The van der Waals surface area contributed by atoms with E-state index in [2.05, 4.69) is 41.8 Å². The van der Waals surface area contributed by atoms with Crippen LogP contribution in [0.1, 0.15) is 0 Å². The number of hydrogen-bond acceptors (Lipinski definition) is 7. The van der Waals surface area contributed by atoms with Crippen LogP contribution in [0.4, 0.5) is 0 Å². The molecule has 0 aliphatic carbocycles. The molecule has 0 unspecified atom stereocenters. The van der Waals surface area contributed by atoms with Crippen molar-refractivity contribution in [3.8, 4) is 17.4 Å². The van der Waals surface area contributed by atoms with E-state index in [1.165, 1.54) is 21.3 Å². The normalized spacial score (nSPS) is 10.0. The molecule has 0 aliphatic heterocycles. The SMILES string of the molecule is COOc1n[c]c(Br)c(OOC)c1OOC. The zero-order valence-electron chi connectivity index (χ0n) is 8.77. The molecule has 89 valence electrons. The third-order valence-electron chi connectivity index (χ3n) is 1.35. The molecule has 0 fully saturated rings. The quantitative estimate of drug-likeness (QED) is 0.581. The van der Waals surface area contributed by atoms with E-state index in [1.54, 1.807) is 0 Å². The van der Waals surface area contributed by atoms with Crippen LogP contribution in [-0.2, 0) is 14.7 Å². The number of hydrogen-bond donors (Lipinski definition) is 0. The van der Waals surface area contributed by atoms with Gasteiger partial charge in [-0.15, -0.1) is 0 Å². The molecular formula is C8H9BrNO6. The number of nitrogens with zero attached hydrogens (tertiary/aromatic N) is 1. The van der Waals surface area contributed by atoms with Gasteiger partial charge in [-0.3, -0.25) is 0 Å². The highest BCUT2D eigenvalue weighted by atomic mass is 79.9. The fourth-order valence-corrected chi connectivity index (χ4v) is 1.18. The van der Waals surface area contributed by atoms with Crippen LogP contribution in [0.5, 0.6) is 17.4 Å². The van der Waals surface area contributed by atoms with Crippen molar-refractivity contribution in [2.24, 2.45) is 0 Å². The number of pyridine rings is 1. The van der Waals surface area contributed by atoms with E-state index in [0.29, 0.717) is 4.47 Å². The van der Waals surface area contributed by atoms with Gasteiger partial charge >= 0.3 is 5.88 Å². The Morgan fingerprint density at radius 2 is 1.50 bits per heavy atom. The molecule has 0 saturated heterocycles. The Bertz CT molecular complexity index is 348. The van der Waals surface area contributed by atoms with Gasteiger partial charge in [-0.25, -0.2) is 4.98 Å². The van der Waals surface area contributed by atoms with Gasteiger partial charge in [0.15, 0.2) is 0 Å². The van der Waals surface area contributed by atoms with Gasteiger partial charge in [-0.05, 0) is 15.9 Å². The number of rotatable bonds is 6. The van der Waals surface area contributed by atoms with Gasteiger partial charge < -0.3 is 14.7 Å². The van der Waals surface area contributed by atoms with Gasteiger partial charge in [0.1, 0.15) is 6.20 Å². The molecule has 0 bridgehead atoms. The van der Waals surface area contributed by atoms with Crippen LogP contribution >= 0.6 is 15.9 Å². The molecule has 0 aliphatic rings. The highest BCUT2D eigenvalue weighted by Crippen LogP contribution is 2.40. The summed E-state index contributed by atoms with van der Waals surface area (Å²) < 4.78 is 0.379. The number of halogens is 1. The highest BCUT2D eigenvalue weighted by molar-refractivity contribution is 9.10. The molecule has 0 aromatic carbocycles. The second-order valence-corrected chi connectivity index (χ2v) is 3.04. The summed E-state index contributed by atoms with van der Waals surface area (Å²) in [7, 11) is 3.97. The summed E-state index contributed by atoms with van der Waals surface area (Å²) in [5.41, 5.74) is 0. The Balaban J connectivity index is 3.14. The summed E-state index contributed by atoms with van der Waals surface area (Å²) >= 11 is 3.15. The minimum absolute atomic E-state index is 0.0143. The highest BCUT2D eigenvalue weighted by Gasteiger charge is 2.21. The average molecular weight is 295 g/mol. The predicted octanol–water partition coefficient (Wildman–Crippen LogP) is 1.46. The maximum atomic E-state index is 4.85. The minimum Gasteiger partial charge on any atom is -0.332 e. The Morgan fingerprint density at radius 1 is 0.938 bits per heavy atom.